The van der Waals surface area contributed by atoms with Crippen LogP contribution in [0.2, 0.25) is 12.1 Å². The first-order valence-electron chi connectivity index (χ1n) is 25.4. The first-order chi connectivity index (χ1) is 34.9. The maximum atomic E-state index is 2.55. The molecule has 14 rings (SSSR count). The van der Waals surface area contributed by atoms with Crippen molar-refractivity contribution in [3.05, 3.63) is 236 Å². The molecule has 4 heteroatoms. The standard InChI is InChI=1S/C67H53N3Si/c1-5-71(6-2)65-34-20-18-32-61(65)70(62-33-19-21-35-66(62)71)46-37-39-52-47-24-10-12-26-49(47)54-40-45(36-38-51(54)48-25-11-13-27-50(48)55(52)41-46)69-60-31-17-15-29-57(60)67(3,4)58-42-56-53-28-14-16-30-59(53)68(63(56)43-64(58)69)44-22-8-7-9-23-44/h7-43H,5-6H2,1-4H3. The van der Waals surface area contributed by atoms with Gasteiger partial charge >= 0.3 is 0 Å². The summed E-state index contributed by atoms with van der Waals surface area (Å²) in [6.07, 6.45) is 0. The average molecular weight is 928 g/mol. The smallest absolute Gasteiger partial charge is 0.123 e. The third kappa shape index (κ3) is 5.89. The summed E-state index contributed by atoms with van der Waals surface area (Å²) < 4.78 is 2.45. The zero-order chi connectivity index (χ0) is 47.6. The third-order valence-electron chi connectivity index (χ3n) is 16.6. The van der Waals surface area contributed by atoms with E-state index in [1.807, 2.05) is 0 Å². The van der Waals surface area contributed by atoms with Crippen LogP contribution in [0.3, 0.4) is 0 Å². The minimum Gasteiger partial charge on any atom is -0.311 e. The summed E-state index contributed by atoms with van der Waals surface area (Å²) in [4.78, 5) is 5.09. The lowest BCUT2D eigenvalue weighted by Gasteiger charge is -2.44. The van der Waals surface area contributed by atoms with E-state index >= 15 is 0 Å². The quantitative estimate of drug-likeness (QED) is 0.159. The van der Waals surface area contributed by atoms with Gasteiger partial charge in [0.2, 0.25) is 0 Å². The maximum absolute atomic E-state index is 2.55. The van der Waals surface area contributed by atoms with Gasteiger partial charge in [-0.25, -0.2) is 0 Å². The monoisotopic (exact) mass is 927 g/mol. The van der Waals surface area contributed by atoms with Gasteiger partial charge in [0.15, 0.2) is 0 Å². The predicted molar refractivity (Wildman–Crippen MR) is 304 cm³/mol. The van der Waals surface area contributed by atoms with Gasteiger partial charge in [0, 0.05) is 44.6 Å². The second kappa shape index (κ2) is 15.7. The summed E-state index contributed by atoms with van der Waals surface area (Å²) in [7, 11) is -1.98. The molecule has 2 aliphatic heterocycles. The van der Waals surface area contributed by atoms with Crippen molar-refractivity contribution in [1.29, 1.82) is 0 Å². The van der Waals surface area contributed by atoms with Crippen molar-refractivity contribution < 1.29 is 0 Å². The molecule has 0 fully saturated rings. The van der Waals surface area contributed by atoms with Crippen molar-refractivity contribution in [2.45, 2.75) is 45.2 Å². The molecule has 0 radical (unpaired) electrons. The van der Waals surface area contributed by atoms with E-state index in [1.165, 1.54) is 128 Å². The Labute approximate surface area is 417 Å². The van der Waals surface area contributed by atoms with Crippen LogP contribution in [0.5, 0.6) is 0 Å². The molecule has 0 saturated heterocycles. The Morgan fingerprint density at radius 2 is 0.803 bits per heavy atom. The van der Waals surface area contributed by atoms with Gasteiger partial charge in [0.25, 0.3) is 0 Å². The summed E-state index contributed by atoms with van der Waals surface area (Å²) in [6.45, 7) is 9.62. The number of para-hydroxylation sites is 5. The predicted octanol–water partition coefficient (Wildman–Crippen LogP) is 17.3. The van der Waals surface area contributed by atoms with Gasteiger partial charge in [-0.05, 0) is 139 Å². The zero-order valence-corrected chi connectivity index (χ0v) is 41.6. The SMILES string of the molecule is CC[Si]1(CC)c2ccccc2N(c2ccc3c(c2)-c2ccccc2-c2ccc(N4c5ccccc5C(C)(C)c5cc6c7ccccc7n(-c7ccccc7)c6cc54)cc2-c2ccccc2-3)c2ccccc21. The lowest BCUT2D eigenvalue weighted by molar-refractivity contribution is 0.633. The molecule has 1 aromatic heterocycles. The van der Waals surface area contributed by atoms with Crippen LogP contribution >= 0.6 is 0 Å². The van der Waals surface area contributed by atoms with Crippen LogP contribution in [0.15, 0.2) is 224 Å². The van der Waals surface area contributed by atoms with Crippen LogP contribution < -0.4 is 20.2 Å². The Hall–Kier alpha value is -8.18. The van der Waals surface area contributed by atoms with Crippen molar-refractivity contribution >= 4 is 74.4 Å². The largest absolute Gasteiger partial charge is 0.311 e. The fourth-order valence-electron chi connectivity index (χ4n) is 13.2. The van der Waals surface area contributed by atoms with Crippen molar-refractivity contribution in [1.82, 2.24) is 4.57 Å². The molecule has 3 heterocycles. The molecule has 0 bridgehead atoms. The highest BCUT2D eigenvalue weighted by Crippen LogP contribution is 2.56. The summed E-state index contributed by atoms with van der Waals surface area (Å²) >= 11 is 0. The van der Waals surface area contributed by atoms with Crippen molar-refractivity contribution in [3.63, 3.8) is 0 Å². The van der Waals surface area contributed by atoms with E-state index in [2.05, 4.69) is 267 Å². The van der Waals surface area contributed by atoms with Gasteiger partial charge < -0.3 is 14.4 Å². The number of anilines is 6. The molecule has 1 aliphatic carbocycles. The van der Waals surface area contributed by atoms with Gasteiger partial charge in [0.05, 0.1) is 22.4 Å². The zero-order valence-electron chi connectivity index (χ0n) is 40.6. The van der Waals surface area contributed by atoms with Crippen LogP contribution in [0, 0.1) is 0 Å². The van der Waals surface area contributed by atoms with E-state index in [0.717, 1.165) is 11.4 Å². The number of fused-ring (bicyclic) bond motifs is 15. The van der Waals surface area contributed by atoms with E-state index in [1.54, 1.807) is 0 Å². The molecule has 0 atom stereocenters. The fourth-order valence-corrected chi connectivity index (χ4v) is 17.7. The molecule has 0 amide bonds. The summed E-state index contributed by atoms with van der Waals surface area (Å²) in [5.74, 6) is 0. The molecule has 0 spiro atoms. The van der Waals surface area contributed by atoms with Crippen molar-refractivity contribution in [2.75, 3.05) is 9.80 Å². The molecule has 0 saturated carbocycles. The van der Waals surface area contributed by atoms with E-state index in [4.69, 9.17) is 0 Å². The second-order valence-electron chi connectivity index (χ2n) is 20.3. The highest BCUT2D eigenvalue weighted by atomic mass is 28.3. The van der Waals surface area contributed by atoms with Crippen LogP contribution in [-0.2, 0) is 5.41 Å². The van der Waals surface area contributed by atoms with Crippen LogP contribution in [0.1, 0.15) is 38.8 Å². The Balaban J connectivity index is 0.982. The molecule has 71 heavy (non-hydrogen) atoms. The molecule has 3 nitrogen and oxygen atoms in total. The molecular formula is C67H53N3Si. The van der Waals surface area contributed by atoms with E-state index in [9.17, 15) is 0 Å². The summed E-state index contributed by atoms with van der Waals surface area (Å²) in [5, 5.41) is 5.61. The summed E-state index contributed by atoms with van der Waals surface area (Å²) in [5.41, 5.74) is 23.2. The number of rotatable bonds is 5. The number of hydrogen-bond donors (Lipinski definition) is 0. The summed E-state index contributed by atoms with van der Waals surface area (Å²) in [6, 6.07) is 87.3. The normalized spacial score (nSPS) is 14.5. The fraction of sp³-hybridized carbons (Fsp3) is 0.104. The third-order valence-corrected chi connectivity index (χ3v) is 21.9. The molecule has 0 unspecified atom stereocenters. The Morgan fingerprint density at radius 1 is 0.338 bits per heavy atom. The molecule has 0 N–H and O–H groups in total. The second-order valence-corrected chi connectivity index (χ2v) is 24.9. The first kappa shape index (κ1) is 41.8. The van der Waals surface area contributed by atoms with E-state index in [0.29, 0.717) is 0 Å². The number of benzene rings is 10. The van der Waals surface area contributed by atoms with Crippen molar-refractivity contribution in [2.24, 2.45) is 0 Å². The van der Waals surface area contributed by atoms with Crippen molar-refractivity contribution in [3.8, 4) is 50.2 Å². The van der Waals surface area contributed by atoms with Crippen LogP contribution in [0.4, 0.5) is 34.1 Å². The van der Waals surface area contributed by atoms with Gasteiger partial charge in [-0.1, -0.05) is 191 Å². The minimum atomic E-state index is -1.98. The lowest BCUT2D eigenvalue weighted by Crippen LogP contribution is -2.61. The number of aromatic nitrogens is 1. The number of nitrogens with zero attached hydrogens (tertiary/aromatic N) is 3. The highest BCUT2D eigenvalue weighted by molar-refractivity contribution is 7.04. The van der Waals surface area contributed by atoms with E-state index in [-0.39, 0.29) is 5.41 Å². The highest BCUT2D eigenvalue weighted by Gasteiger charge is 2.43. The Morgan fingerprint density at radius 3 is 1.39 bits per heavy atom. The number of hydrogen-bond acceptors (Lipinski definition) is 2. The molecule has 3 aliphatic rings. The lowest BCUT2D eigenvalue weighted by atomic mass is 9.73. The van der Waals surface area contributed by atoms with Gasteiger partial charge in [0.1, 0.15) is 8.07 Å². The van der Waals surface area contributed by atoms with Gasteiger partial charge in [-0.3, -0.25) is 0 Å². The molecule has 10 aromatic carbocycles. The maximum Gasteiger partial charge on any atom is 0.123 e. The topological polar surface area (TPSA) is 11.4 Å². The first-order valence-corrected chi connectivity index (χ1v) is 27.8. The van der Waals surface area contributed by atoms with E-state index < -0.39 is 8.07 Å². The van der Waals surface area contributed by atoms with Gasteiger partial charge in [-0.2, -0.15) is 0 Å². The van der Waals surface area contributed by atoms with Crippen LogP contribution in [-0.4, -0.2) is 12.6 Å². The molecular weight excluding hydrogens is 875 g/mol. The molecule has 11 aromatic rings. The molecule has 340 valence electrons. The van der Waals surface area contributed by atoms with Crippen LogP contribution in [0.25, 0.3) is 72.0 Å². The van der Waals surface area contributed by atoms with Gasteiger partial charge in [-0.15, -0.1) is 0 Å². The average Bonchev–Trinajstić information content (AvgIpc) is 3.76. The Bertz CT molecular complexity index is 3910. The minimum absolute atomic E-state index is 0.250. The Kier molecular flexibility index (Phi) is 9.21.